The average molecular weight is 232 g/mol. The smallest absolute Gasteiger partial charge is 0.115 e. The third-order valence-corrected chi connectivity index (χ3v) is 3.27. The largest absolute Gasteiger partial charge is 0.316 e. The first-order chi connectivity index (χ1) is 6.45. The fraction of sp³-hybridized carbons (Fsp3) is 0.556. The van der Waals surface area contributed by atoms with Crippen molar-refractivity contribution in [3.8, 4) is 0 Å². The summed E-state index contributed by atoms with van der Waals surface area (Å²) in [7, 11) is 0. The zero-order valence-corrected chi connectivity index (χ0v) is 9.48. The predicted octanol–water partition coefficient (Wildman–Crippen LogP) is 1.74. The fourth-order valence-corrected chi connectivity index (χ4v) is 2.51. The minimum Gasteiger partial charge on any atom is -0.316 e. The number of halogens is 1. The lowest BCUT2D eigenvalue weighted by molar-refractivity contribution is 0.531. The van der Waals surface area contributed by atoms with Crippen LogP contribution < -0.4 is 5.32 Å². The molecule has 1 atom stereocenters. The monoisotopic (exact) mass is 231 g/mol. The van der Waals surface area contributed by atoms with Gasteiger partial charge in [0.2, 0.25) is 0 Å². The fourth-order valence-electron chi connectivity index (χ4n) is 1.44. The Bertz CT molecular complexity index is 251. The van der Waals surface area contributed by atoms with Crippen molar-refractivity contribution in [2.75, 3.05) is 13.1 Å². The molecule has 2 rings (SSSR count). The van der Waals surface area contributed by atoms with Gasteiger partial charge in [-0.1, -0.05) is 0 Å². The van der Waals surface area contributed by atoms with Crippen molar-refractivity contribution >= 4 is 24.2 Å². The van der Waals surface area contributed by atoms with Gasteiger partial charge < -0.3 is 5.32 Å². The van der Waals surface area contributed by atoms with Crippen molar-refractivity contribution in [1.82, 2.24) is 15.3 Å². The molecule has 78 valence electrons. The molecule has 0 bridgehead atoms. The molecule has 1 saturated heterocycles. The minimum atomic E-state index is 0. The van der Waals surface area contributed by atoms with E-state index in [1.807, 2.05) is 18.0 Å². The Morgan fingerprint density at radius 1 is 1.43 bits per heavy atom. The Morgan fingerprint density at radius 3 is 3.00 bits per heavy atom. The van der Waals surface area contributed by atoms with Gasteiger partial charge in [0.15, 0.2) is 0 Å². The number of nitrogens with zero attached hydrogens (tertiary/aromatic N) is 2. The zero-order valence-electron chi connectivity index (χ0n) is 7.85. The summed E-state index contributed by atoms with van der Waals surface area (Å²) in [5.74, 6) is 0. The second-order valence-electron chi connectivity index (χ2n) is 3.13. The van der Waals surface area contributed by atoms with Gasteiger partial charge in [-0.15, -0.1) is 24.2 Å². The summed E-state index contributed by atoms with van der Waals surface area (Å²) in [4.78, 5) is 8.29. The summed E-state index contributed by atoms with van der Waals surface area (Å²) in [5, 5.41) is 5.10. The number of piperidine rings is 1. The molecule has 1 aliphatic heterocycles. The molecule has 1 fully saturated rings. The van der Waals surface area contributed by atoms with E-state index in [0.717, 1.165) is 18.1 Å². The van der Waals surface area contributed by atoms with E-state index in [1.54, 1.807) is 12.4 Å². The van der Waals surface area contributed by atoms with Crippen molar-refractivity contribution in [1.29, 1.82) is 0 Å². The van der Waals surface area contributed by atoms with Gasteiger partial charge in [-0.2, -0.15) is 0 Å². The second kappa shape index (κ2) is 6.22. The van der Waals surface area contributed by atoms with Gasteiger partial charge >= 0.3 is 0 Å². The van der Waals surface area contributed by atoms with Crippen LogP contribution in [0, 0.1) is 0 Å². The minimum absolute atomic E-state index is 0. The number of thioether (sulfide) groups is 1. The van der Waals surface area contributed by atoms with E-state index in [2.05, 4.69) is 15.3 Å². The molecule has 0 radical (unpaired) electrons. The third kappa shape index (κ3) is 3.44. The molecule has 0 spiro atoms. The number of aromatic nitrogens is 2. The lowest BCUT2D eigenvalue weighted by Crippen LogP contribution is -2.31. The molecule has 0 aromatic carbocycles. The van der Waals surface area contributed by atoms with Crippen LogP contribution in [0.3, 0.4) is 0 Å². The van der Waals surface area contributed by atoms with Crippen molar-refractivity contribution in [3.05, 3.63) is 18.6 Å². The van der Waals surface area contributed by atoms with Crippen molar-refractivity contribution < 1.29 is 0 Å². The van der Waals surface area contributed by atoms with Crippen LogP contribution in [0.1, 0.15) is 12.8 Å². The van der Waals surface area contributed by atoms with Gasteiger partial charge in [0, 0.05) is 24.2 Å². The molecule has 0 amide bonds. The molecule has 0 saturated carbocycles. The summed E-state index contributed by atoms with van der Waals surface area (Å²) >= 11 is 1.83. The van der Waals surface area contributed by atoms with Gasteiger partial charge in [0.25, 0.3) is 0 Å². The summed E-state index contributed by atoms with van der Waals surface area (Å²) in [6, 6.07) is 0. The highest BCUT2D eigenvalue weighted by Gasteiger charge is 2.14. The molecule has 1 unspecified atom stereocenters. The number of hydrogen-bond donors (Lipinski definition) is 1. The number of rotatable bonds is 2. The number of hydrogen-bond acceptors (Lipinski definition) is 4. The molecule has 1 aliphatic rings. The van der Waals surface area contributed by atoms with Crippen LogP contribution in [-0.4, -0.2) is 28.3 Å². The zero-order chi connectivity index (χ0) is 8.93. The summed E-state index contributed by atoms with van der Waals surface area (Å²) in [6.45, 7) is 2.26. The molecule has 14 heavy (non-hydrogen) atoms. The van der Waals surface area contributed by atoms with Crippen LogP contribution in [0.25, 0.3) is 0 Å². The Balaban J connectivity index is 0.000000980. The van der Waals surface area contributed by atoms with E-state index in [4.69, 9.17) is 0 Å². The third-order valence-electron chi connectivity index (χ3n) is 2.08. The van der Waals surface area contributed by atoms with Crippen LogP contribution in [0.5, 0.6) is 0 Å². The lowest BCUT2D eigenvalue weighted by Gasteiger charge is -2.21. The Morgan fingerprint density at radius 2 is 2.36 bits per heavy atom. The molecule has 0 aliphatic carbocycles. The highest BCUT2D eigenvalue weighted by molar-refractivity contribution is 7.99. The Hall–Kier alpha value is -0.320. The van der Waals surface area contributed by atoms with E-state index < -0.39 is 0 Å². The van der Waals surface area contributed by atoms with E-state index in [9.17, 15) is 0 Å². The molecule has 2 heterocycles. The molecule has 5 heteroatoms. The quantitative estimate of drug-likeness (QED) is 0.842. The lowest BCUT2D eigenvalue weighted by atomic mass is 10.2. The van der Waals surface area contributed by atoms with Gasteiger partial charge in [-0.05, 0) is 19.4 Å². The van der Waals surface area contributed by atoms with Crippen LogP contribution in [0.2, 0.25) is 0 Å². The maximum Gasteiger partial charge on any atom is 0.115 e. The topological polar surface area (TPSA) is 37.8 Å². The standard InChI is InChI=1S/C9H13N3S.ClH/c1-2-8(6-10-3-1)13-9-7-11-4-5-12-9;/h4-5,7-8,10H,1-3,6H2;1H. The first kappa shape index (κ1) is 11.8. The van der Waals surface area contributed by atoms with E-state index in [0.29, 0.717) is 5.25 Å². The summed E-state index contributed by atoms with van der Waals surface area (Å²) in [5.41, 5.74) is 0. The van der Waals surface area contributed by atoms with Crippen molar-refractivity contribution in [2.24, 2.45) is 0 Å². The van der Waals surface area contributed by atoms with Gasteiger partial charge in [0.1, 0.15) is 5.03 Å². The van der Waals surface area contributed by atoms with Gasteiger partial charge in [-0.25, -0.2) is 4.98 Å². The van der Waals surface area contributed by atoms with E-state index >= 15 is 0 Å². The van der Waals surface area contributed by atoms with Gasteiger partial charge in [-0.3, -0.25) is 4.98 Å². The molecular formula is C9H14ClN3S. The maximum atomic E-state index is 4.25. The maximum absolute atomic E-state index is 4.25. The SMILES string of the molecule is Cl.c1cnc(SC2CCCNC2)cn1. The molecule has 3 nitrogen and oxygen atoms in total. The predicted molar refractivity (Wildman–Crippen MR) is 61.0 cm³/mol. The van der Waals surface area contributed by atoms with Crippen LogP contribution in [0.15, 0.2) is 23.6 Å². The first-order valence-electron chi connectivity index (χ1n) is 4.58. The van der Waals surface area contributed by atoms with Crippen LogP contribution in [0.4, 0.5) is 0 Å². The first-order valence-corrected chi connectivity index (χ1v) is 5.46. The van der Waals surface area contributed by atoms with Crippen LogP contribution >= 0.6 is 24.2 Å². The highest BCUT2D eigenvalue weighted by Crippen LogP contribution is 2.24. The normalized spacial score (nSPS) is 21.3. The van der Waals surface area contributed by atoms with Gasteiger partial charge in [0.05, 0.1) is 6.20 Å². The average Bonchev–Trinajstić information content (AvgIpc) is 2.21. The Kier molecular flexibility index (Phi) is 5.22. The molecule has 1 N–H and O–H groups in total. The van der Waals surface area contributed by atoms with E-state index in [1.165, 1.54) is 12.8 Å². The summed E-state index contributed by atoms with van der Waals surface area (Å²) in [6.07, 6.45) is 7.85. The summed E-state index contributed by atoms with van der Waals surface area (Å²) < 4.78 is 0. The van der Waals surface area contributed by atoms with Crippen molar-refractivity contribution in [3.63, 3.8) is 0 Å². The molecule has 1 aromatic heterocycles. The second-order valence-corrected chi connectivity index (χ2v) is 4.45. The van der Waals surface area contributed by atoms with E-state index in [-0.39, 0.29) is 12.4 Å². The highest BCUT2D eigenvalue weighted by atomic mass is 35.5. The van der Waals surface area contributed by atoms with Crippen LogP contribution in [-0.2, 0) is 0 Å². The van der Waals surface area contributed by atoms with Crippen molar-refractivity contribution in [2.45, 2.75) is 23.1 Å². The molecular weight excluding hydrogens is 218 g/mol. The number of nitrogens with one attached hydrogen (secondary N) is 1. The molecule has 1 aromatic rings. The Labute approximate surface area is 94.5 Å².